The smallest absolute Gasteiger partial charge is 0.331 e. The first-order valence-electron chi connectivity index (χ1n) is 16.1. The van der Waals surface area contributed by atoms with Crippen LogP contribution >= 0.6 is 0 Å². The van der Waals surface area contributed by atoms with Crippen LogP contribution in [0, 0.1) is 0 Å². The molecule has 0 aromatic heterocycles. The van der Waals surface area contributed by atoms with Crippen molar-refractivity contribution in [2.45, 2.75) is 73.1 Å². The number of benzene rings is 2. The molecular formula is C33H42O19. The number of ether oxygens (including phenoxy) is 7. The van der Waals surface area contributed by atoms with E-state index in [4.69, 9.17) is 33.2 Å². The fraction of sp³-hybridized carbons (Fsp3) is 0.545. The van der Waals surface area contributed by atoms with Gasteiger partial charge in [-0.2, -0.15) is 0 Å². The number of hydrogen-bond acceptors (Lipinski definition) is 19. The van der Waals surface area contributed by atoms with E-state index in [-0.39, 0.29) is 30.1 Å². The van der Waals surface area contributed by atoms with Crippen LogP contribution in [-0.2, 0) is 44.4 Å². The Morgan fingerprint density at radius 1 is 0.769 bits per heavy atom. The Balaban J connectivity index is 1.46. The number of phenols is 4. The second-order valence-electron chi connectivity index (χ2n) is 12.6. The zero-order valence-electron chi connectivity index (χ0n) is 27.5. The lowest BCUT2D eigenvalue weighted by atomic mass is 9.96. The van der Waals surface area contributed by atoms with Gasteiger partial charge in [0, 0.05) is 6.08 Å². The Morgan fingerprint density at radius 3 is 1.88 bits per heavy atom. The number of rotatable bonds is 14. The molecule has 0 unspecified atom stereocenters. The van der Waals surface area contributed by atoms with Gasteiger partial charge in [-0.05, 0) is 47.9 Å². The summed E-state index contributed by atoms with van der Waals surface area (Å²) in [6.07, 6.45) is -12.8. The number of carbonyl (C=O) groups excluding carboxylic acids is 1. The Morgan fingerprint density at radius 2 is 1.35 bits per heavy atom. The normalized spacial score (nSPS) is 34.9. The van der Waals surface area contributed by atoms with Crippen LogP contribution in [-0.4, -0.2) is 168 Å². The molecule has 3 fully saturated rings. The molecule has 2 aromatic rings. The molecule has 0 aliphatic carbocycles. The Bertz CT molecular complexity index is 1560. The molecule has 0 spiro atoms. The van der Waals surface area contributed by atoms with Crippen molar-refractivity contribution < 1.29 is 94.1 Å². The van der Waals surface area contributed by atoms with Crippen molar-refractivity contribution in [1.29, 1.82) is 0 Å². The minimum atomic E-state index is -2.17. The average Bonchev–Trinajstić information content (AvgIpc) is 3.58. The van der Waals surface area contributed by atoms with Crippen LogP contribution in [0.15, 0.2) is 42.5 Å². The fourth-order valence-corrected chi connectivity index (χ4v) is 5.73. The van der Waals surface area contributed by atoms with Crippen molar-refractivity contribution in [1.82, 2.24) is 0 Å². The Hall–Kier alpha value is -3.67. The van der Waals surface area contributed by atoms with Crippen LogP contribution in [0.2, 0.25) is 0 Å². The van der Waals surface area contributed by atoms with E-state index in [0.29, 0.717) is 5.56 Å². The summed E-state index contributed by atoms with van der Waals surface area (Å²) in [6.45, 7) is -4.02. The van der Waals surface area contributed by atoms with Crippen LogP contribution in [0.3, 0.4) is 0 Å². The highest BCUT2D eigenvalue weighted by Gasteiger charge is 2.57. The molecule has 3 heterocycles. The highest BCUT2D eigenvalue weighted by Crippen LogP contribution is 2.37. The Labute approximate surface area is 295 Å². The van der Waals surface area contributed by atoms with Gasteiger partial charge in [-0.1, -0.05) is 12.1 Å². The molecule has 0 bridgehead atoms. The summed E-state index contributed by atoms with van der Waals surface area (Å²) in [5.41, 5.74) is -3.52. The molecule has 52 heavy (non-hydrogen) atoms. The van der Waals surface area contributed by atoms with E-state index in [1.807, 2.05) is 0 Å². The number of aliphatic hydroxyl groups is 7. The van der Waals surface area contributed by atoms with E-state index in [1.54, 1.807) is 0 Å². The SMILES string of the molecule is O=C(/C=C/c1ccc(O)c(O)c1)O[C@H]1[C@H](O[C@@H]2OC[C@](O)(CO)[C@H]2O)[C@@H](O[C@@H]2OC[C@](O)(CO)[C@H]2O)[C@H](OCCc2ccc(O)c(O)c2)O[C@@H]1CO. The summed E-state index contributed by atoms with van der Waals surface area (Å²) in [6, 6.07) is 7.80. The summed E-state index contributed by atoms with van der Waals surface area (Å²) in [7, 11) is 0. The number of aliphatic hydroxyl groups excluding tert-OH is 5. The molecule has 2 aromatic carbocycles. The second kappa shape index (κ2) is 16.6. The third-order valence-corrected chi connectivity index (χ3v) is 8.89. The van der Waals surface area contributed by atoms with Gasteiger partial charge in [-0.3, -0.25) is 0 Å². The lowest BCUT2D eigenvalue weighted by molar-refractivity contribution is -0.357. The van der Waals surface area contributed by atoms with Crippen molar-refractivity contribution >= 4 is 12.0 Å². The van der Waals surface area contributed by atoms with E-state index >= 15 is 0 Å². The molecule has 19 nitrogen and oxygen atoms in total. The van der Waals surface area contributed by atoms with Crippen molar-refractivity contribution in [2.75, 3.05) is 39.6 Å². The fourth-order valence-electron chi connectivity index (χ4n) is 5.73. The zero-order valence-corrected chi connectivity index (χ0v) is 27.5. The van der Waals surface area contributed by atoms with Gasteiger partial charge in [-0.15, -0.1) is 0 Å². The molecule has 0 radical (unpaired) electrons. The highest BCUT2D eigenvalue weighted by molar-refractivity contribution is 5.87. The van der Waals surface area contributed by atoms with E-state index in [9.17, 15) is 61.0 Å². The van der Waals surface area contributed by atoms with Gasteiger partial charge in [0.1, 0.15) is 41.7 Å². The molecule has 3 aliphatic rings. The molecule has 3 saturated heterocycles. The number of hydrogen-bond donors (Lipinski definition) is 11. The van der Waals surface area contributed by atoms with Crippen molar-refractivity contribution in [2.24, 2.45) is 0 Å². The third kappa shape index (κ3) is 8.58. The molecule has 5 rings (SSSR count). The maximum absolute atomic E-state index is 13.2. The largest absolute Gasteiger partial charge is 0.504 e. The quantitative estimate of drug-likeness (QED) is 0.0524. The Kier molecular flexibility index (Phi) is 12.6. The van der Waals surface area contributed by atoms with Crippen molar-refractivity contribution in [3.8, 4) is 23.0 Å². The predicted molar refractivity (Wildman–Crippen MR) is 169 cm³/mol. The number of carbonyl (C=O) groups is 1. The first kappa shape index (κ1) is 39.5. The molecule has 3 aliphatic heterocycles. The van der Waals surface area contributed by atoms with E-state index in [0.717, 1.165) is 12.1 Å². The lowest BCUT2D eigenvalue weighted by Gasteiger charge is -2.46. The third-order valence-electron chi connectivity index (χ3n) is 8.89. The minimum absolute atomic E-state index is 0.118. The minimum Gasteiger partial charge on any atom is -0.504 e. The number of phenolic OH excluding ortho intramolecular Hbond substituents is 4. The maximum Gasteiger partial charge on any atom is 0.331 e. The van der Waals surface area contributed by atoms with Gasteiger partial charge in [0.05, 0.1) is 39.6 Å². The summed E-state index contributed by atoms with van der Waals surface area (Å²) < 4.78 is 40.5. The lowest BCUT2D eigenvalue weighted by Crippen LogP contribution is -2.64. The predicted octanol–water partition coefficient (Wildman–Crippen LogP) is -2.94. The topological polar surface area (TPSA) is 304 Å². The second-order valence-corrected chi connectivity index (χ2v) is 12.6. The van der Waals surface area contributed by atoms with Gasteiger partial charge in [0.2, 0.25) is 0 Å². The number of aromatic hydroxyl groups is 4. The molecule has 0 saturated carbocycles. The van der Waals surface area contributed by atoms with E-state index in [2.05, 4.69) is 0 Å². The van der Waals surface area contributed by atoms with Crippen LogP contribution in [0.25, 0.3) is 6.08 Å². The molecular weight excluding hydrogens is 700 g/mol. The molecule has 11 N–H and O–H groups in total. The van der Waals surface area contributed by atoms with Crippen LogP contribution < -0.4 is 0 Å². The summed E-state index contributed by atoms with van der Waals surface area (Å²) >= 11 is 0. The van der Waals surface area contributed by atoms with Crippen molar-refractivity contribution in [3.05, 3.63) is 53.6 Å². The zero-order chi connectivity index (χ0) is 37.8. The van der Waals surface area contributed by atoms with E-state index < -0.39 is 117 Å². The van der Waals surface area contributed by atoms with Gasteiger partial charge in [0.25, 0.3) is 0 Å². The van der Waals surface area contributed by atoms with Gasteiger partial charge in [-0.25, -0.2) is 4.79 Å². The van der Waals surface area contributed by atoms with Gasteiger partial charge >= 0.3 is 5.97 Å². The first-order chi connectivity index (χ1) is 24.7. The molecule has 19 heteroatoms. The molecule has 288 valence electrons. The monoisotopic (exact) mass is 742 g/mol. The van der Waals surface area contributed by atoms with Gasteiger partial charge < -0.3 is 89.3 Å². The molecule has 0 amide bonds. The number of esters is 1. The van der Waals surface area contributed by atoms with Crippen LogP contribution in [0.1, 0.15) is 11.1 Å². The van der Waals surface area contributed by atoms with Gasteiger partial charge in [0.15, 0.2) is 48.0 Å². The molecule has 11 atom stereocenters. The summed E-state index contributed by atoms with van der Waals surface area (Å²) in [5, 5.41) is 112. The summed E-state index contributed by atoms with van der Waals surface area (Å²) in [5.74, 6) is -2.64. The highest BCUT2D eigenvalue weighted by atomic mass is 16.8. The summed E-state index contributed by atoms with van der Waals surface area (Å²) in [4.78, 5) is 13.2. The maximum atomic E-state index is 13.2. The van der Waals surface area contributed by atoms with Crippen LogP contribution in [0.4, 0.5) is 0 Å². The standard InChI is InChI=1S/C33H42O19/c34-11-22-24(50-23(41)6-3-16-1-4-18(37)20(39)9-16)25(51-30-27(42)32(44,12-35)14-47-30)26(52-31-28(43)33(45,13-36)15-48-31)29(49-22)46-8-7-17-2-5-19(38)21(40)10-17/h1-6,9-10,22,24-31,34-40,42-45H,7-8,11-15H2/b6-3+/t22-,24-,25+,26-,27+,28+,29-,30+,31+,32-,33-/m1/s1. The first-order valence-corrected chi connectivity index (χ1v) is 16.1. The van der Waals surface area contributed by atoms with E-state index in [1.165, 1.54) is 36.4 Å². The van der Waals surface area contributed by atoms with Crippen LogP contribution in [0.5, 0.6) is 23.0 Å². The average molecular weight is 743 g/mol. The van der Waals surface area contributed by atoms with Crippen molar-refractivity contribution in [3.63, 3.8) is 0 Å².